The molecule has 2 N–H and O–H groups in total. The summed E-state index contributed by atoms with van der Waals surface area (Å²) in [6, 6.07) is -0.208. The molecular formula is C9H16F3NO. The van der Waals surface area contributed by atoms with Crippen molar-refractivity contribution < 1.29 is 18.3 Å². The van der Waals surface area contributed by atoms with E-state index in [4.69, 9.17) is 0 Å². The minimum Gasteiger partial charge on any atom is -0.381 e. The van der Waals surface area contributed by atoms with Gasteiger partial charge in [-0.25, -0.2) is 0 Å². The Hall–Kier alpha value is -0.290. The van der Waals surface area contributed by atoms with E-state index in [1.807, 2.05) is 0 Å². The third kappa shape index (κ3) is 2.85. The number of rotatable bonds is 2. The van der Waals surface area contributed by atoms with Crippen molar-refractivity contribution in [3.63, 3.8) is 0 Å². The molecule has 0 aliphatic carbocycles. The SMILES string of the molecule is CC(O)(CC1CCCCN1)C(F)(F)F. The van der Waals surface area contributed by atoms with Gasteiger partial charge in [0, 0.05) is 12.5 Å². The van der Waals surface area contributed by atoms with Gasteiger partial charge in [0.05, 0.1) is 0 Å². The average Bonchev–Trinajstić information content (AvgIpc) is 2.03. The number of hydrogen-bond acceptors (Lipinski definition) is 2. The highest BCUT2D eigenvalue weighted by Crippen LogP contribution is 2.34. The summed E-state index contributed by atoms with van der Waals surface area (Å²) in [6.07, 6.45) is -2.13. The van der Waals surface area contributed by atoms with Gasteiger partial charge in [-0.15, -0.1) is 0 Å². The van der Waals surface area contributed by atoms with Crippen molar-refractivity contribution in [1.29, 1.82) is 0 Å². The third-order valence-electron chi connectivity index (χ3n) is 2.67. The second-order valence-corrected chi connectivity index (χ2v) is 4.12. The molecule has 2 nitrogen and oxygen atoms in total. The van der Waals surface area contributed by atoms with Crippen LogP contribution >= 0.6 is 0 Å². The molecule has 0 radical (unpaired) electrons. The van der Waals surface area contributed by atoms with Gasteiger partial charge in [0.15, 0.2) is 5.60 Å². The molecule has 1 saturated heterocycles. The highest BCUT2D eigenvalue weighted by molar-refractivity contribution is 4.87. The lowest BCUT2D eigenvalue weighted by Crippen LogP contribution is -2.48. The largest absolute Gasteiger partial charge is 0.416 e. The van der Waals surface area contributed by atoms with E-state index < -0.39 is 11.8 Å². The maximum atomic E-state index is 12.3. The lowest BCUT2D eigenvalue weighted by atomic mass is 9.91. The Morgan fingerprint density at radius 3 is 2.43 bits per heavy atom. The fraction of sp³-hybridized carbons (Fsp3) is 1.00. The van der Waals surface area contributed by atoms with Crippen molar-refractivity contribution in [2.24, 2.45) is 0 Å². The maximum absolute atomic E-state index is 12.3. The molecule has 14 heavy (non-hydrogen) atoms. The number of hydrogen-bond donors (Lipinski definition) is 2. The molecule has 5 heteroatoms. The number of halogens is 3. The van der Waals surface area contributed by atoms with Gasteiger partial charge in [-0.2, -0.15) is 13.2 Å². The van der Waals surface area contributed by atoms with Crippen LogP contribution in [0.15, 0.2) is 0 Å². The topological polar surface area (TPSA) is 32.3 Å². The molecule has 1 fully saturated rings. The van der Waals surface area contributed by atoms with Crippen molar-refractivity contribution in [1.82, 2.24) is 5.32 Å². The van der Waals surface area contributed by atoms with Crippen LogP contribution in [0.1, 0.15) is 32.6 Å². The zero-order chi connectivity index (χ0) is 10.8. The zero-order valence-electron chi connectivity index (χ0n) is 8.19. The molecule has 0 aromatic heterocycles. The van der Waals surface area contributed by atoms with Crippen molar-refractivity contribution in [3.8, 4) is 0 Å². The zero-order valence-corrected chi connectivity index (χ0v) is 8.19. The quantitative estimate of drug-likeness (QED) is 0.730. The Bertz CT molecular complexity index is 185. The summed E-state index contributed by atoms with van der Waals surface area (Å²) in [5, 5.41) is 12.2. The fourth-order valence-corrected chi connectivity index (χ4v) is 1.69. The van der Waals surface area contributed by atoms with Gasteiger partial charge in [-0.3, -0.25) is 0 Å². The van der Waals surface area contributed by atoms with Gasteiger partial charge in [-0.05, 0) is 26.3 Å². The average molecular weight is 211 g/mol. The molecule has 0 bridgehead atoms. The summed E-state index contributed by atoms with van der Waals surface area (Å²) >= 11 is 0. The normalized spacial score (nSPS) is 28.5. The predicted octanol–water partition coefficient (Wildman–Crippen LogP) is 1.83. The Morgan fingerprint density at radius 2 is 2.00 bits per heavy atom. The Labute approximate surface area is 81.5 Å². The molecule has 84 valence electrons. The maximum Gasteiger partial charge on any atom is 0.416 e. The van der Waals surface area contributed by atoms with Gasteiger partial charge >= 0.3 is 6.18 Å². The molecule has 2 atom stereocenters. The minimum absolute atomic E-state index is 0.208. The van der Waals surface area contributed by atoms with E-state index in [0.29, 0.717) is 6.42 Å². The van der Waals surface area contributed by atoms with E-state index in [9.17, 15) is 18.3 Å². The molecular weight excluding hydrogens is 195 g/mol. The molecule has 1 aliphatic rings. The Balaban J connectivity index is 2.49. The summed E-state index contributed by atoms with van der Waals surface area (Å²) in [7, 11) is 0. The second kappa shape index (κ2) is 4.06. The van der Waals surface area contributed by atoms with E-state index in [1.54, 1.807) is 0 Å². The highest BCUT2D eigenvalue weighted by atomic mass is 19.4. The first-order valence-electron chi connectivity index (χ1n) is 4.85. The van der Waals surface area contributed by atoms with E-state index in [-0.39, 0.29) is 12.5 Å². The minimum atomic E-state index is -4.54. The molecule has 0 amide bonds. The van der Waals surface area contributed by atoms with E-state index in [0.717, 1.165) is 26.3 Å². The van der Waals surface area contributed by atoms with Gasteiger partial charge in [0.25, 0.3) is 0 Å². The Morgan fingerprint density at radius 1 is 1.36 bits per heavy atom. The highest BCUT2D eigenvalue weighted by Gasteiger charge is 2.50. The van der Waals surface area contributed by atoms with E-state index in [1.165, 1.54) is 0 Å². The number of alkyl halides is 3. The van der Waals surface area contributed by atoms with Crippen LogP contribution in [0.2, 0.25) is 0 Å². The lowest BCUT2D eigenvalue weighted by molar-refractivity contribution is -0.257. The molecule has 1 heterocycles. The van der Waals surface area contributed by atoms with Crippen LogP contribution in [0.5, 0.6) is 0 Å². The molecule has 0 aromatic rings. The fourth-order valence-electron chi connectivity index (χ4n) is 1.69. The molecule has 1 aliphatic heterocycles. The number of aliphatic hydroxyl groups is 1. The van der Waals surface area contributed by atoms with Crippen LogP contribution < -0.4 is 5.32 Å². The van der Waals surface area contributed by atoms with Crippen LogP contribution in [0.25, 0.3) is 0 Å². The lowest BCUT2D eigenvalue weighted by Gasteiger charge is -2.32. The van der Waals surface area contributed by atoms with Crippen LogP contribution in [0.3, 0.4) is 0 Å². The standard InChI is InChI=1S/C9H16F3NO/c1-8(14,9(10,11)12)6-7-4-2-3-5-13-7/h7,13-14H,2-6H2,1H3. The first kappa shape index (κ1) is 11.8. The third-order valence-corrected chi connectivity index (χ3v) is 2.67. The second-order valence-electron chi connectivity index (χ2n) is 4.12. The first-order chi connectivity index (χ1) is 6.33. The van der Waals surface area contributed by atoms with Crippen LogP contribution in [-0.2, 0) is 0 Å². The summed E-state index contributed by atoms with van der Waals surface area (Å²) in [5.41, 5.74) is -2.57. The predicted molar refractivity (Wildman–Crippen MR) is 46.9 cm³/mol. The van der Waals surface area contributed by atoms with Crippen LogP contribution in [-0.4, -0.2) is 29.5 Å². The number of piperidine rings is 1. The molecule has 0 spiro atoms. The summed E-state index contributed by atoms with van der Waals surface area (Å²) in [6.45, 7) is 1.59. The van der Waals surface area contributed by atoms with Gasteiger partial charge in [-0.1, -0.05) is 6.42 Å². The molecule has 2 unspecified atom stereocenters. The monoisotopic (exact) mass is 211 g/mol. The van der Waals surface area contributed by atoms with E-state index >= 15 is 0 Å². The van der Waals surface area contributed by atoms with Crippen molar-refractivity contribution >= 4 is 0 Å². The Kier molecular flexibility index (Phi) is 3.42. The van der Waals surface area contributed by atoms with Crippen molar-refractivity contribution in [2.75, 3.05) is 6.54 Å². The van der Waals surface area contributed by atoms with Crippen molar-refractivity contribution in [2.45, 2.75) is 50.4 Å². The molecule has 1 rings (SSSR count). The van der Waals surface area contributed by atoms with Crippen molar-refractivity contribution in [3.05, 3.63) is 0 Å². The van der Waals surface area contributed by atoms with Gasteiger partial charge in [0.1, 0.15) is 0 Å². The van der Waals surface area contributed by atoms with E-state index in [2.05, 4.69) is 5.32 Å². The smallest absolute Gasteiger partial charge is 0.381 e. The summed E-state index contributed by atoms with van der Waals surface area (Å²) in [4.78, 5) is 0. The van der Waals surface area contributed by atoms with Gasteiger partial charge in [0.2, 0.25) is 0 Å². The summed E-state index contributed by atoms with van der Waals surface area (Å²) in [5.74, 6) is 0. The van der Waals surface area contributed by atoms with Crippen LogP contribution in [0.4, 0.5) is 13.2 Å². The number of nitrogens with one attached hydrogen (secondary N) is 1. The molecule has 0 saturated carbocycles. The molecule has 0 aromatic carbocycles. The summed E-state index contributed by atoms with van der Waals surface area (Å²) < 4.78 is 36.9. The van der Waals surface area contributed by atoms with Gasteiger partial charge < -0.3 is 10.4 Å². The first-order valence-corrected chi connectivity index (χ1v) is 4.85. The van der Waals surface area contributed by atoms with Crippen LogP contribution in [0, 0.1) is 0 Å².